The molecule has 21 heavy (non-hydrogen) atoms. The quantitative estimate of drug-likeness (QED) is 0.781. The van der Waals surface area contributed by atoms with Gasteiger partial charge in [-0.05, 0) is 25.0 Å². The highest BCUT2D eigenvalue weighted by Crippen LogP contribution is 2.18. The molecule has 1 aliphatic rings. The maximum Gasteiger partial charge on any atom is 0.339 e. The zero-order valence-electron chi connectivity index (χ0n) is 12.5. The zero-order valence-corrected chi connectivity index (χ0v) is 12.5. The maximum atomic E-state index is 11.1. The van der Waals surface area contributed by atoms with E-state index in [2.05, 4.69) is 11.8 Å². The zero-order chi connectivity index (χ0) is 15.1. The van der Waals surface area contributed by atoms with E-state index < -0.39 is 5.97 Å². The Bertz CT molecular complexity index is 463. The van der Waals surface area contributed by atoms with Crippen LogP contribution in [0.5, 0.6) is 5.75 Å². The second-order valence-corrected chi connectivity index (χ2v) is 5.18. The highest BCUT2D eigenvalue weighted by molar-refractivity contribution is 5.90. The van der Waals surface area contributed by atoms with Gasteiger partial charge in [0.25, 0.3) is 0 Å². The van der Waals surface area contributed by atoms with E-state index in [1.807, 2.05) is 0 Å². The lowest BCUT2D eigenvalue weighted by atomic mass is 10.1. The molecule has 1 heterocycles. The van der Waals surface area contributed by atoms with Gasteiger partial charge in [-0.2, -0.15) is 0 Å². The molecule has 116 valence electrons. The van der Waals surface area contributed by atoms with Crippen LogP contribution < -0.4 is 4.74 Å². The summed E-state index contributed by atoms with van der Waals surface area (Å²) in [7, 11) is 0. The van der Waals surface area contributed by atoms with Gasteiger partial charge in [-0.3, -0.25) is 4.90 Å². The van der Waals surface area contributed by atoms with Crippen molar-refractivity contribution in [3.63, 3.8) is 0 Å². The molecule has 5 heteroatoms. The normalized spacial score (nSPS) is 19.4. The Morgan fingerprint density at radius 1 is 1.48 bits per heavy atom. The van der Waals surface area contributed by atoms with E-state index in [0.717, 1.165) is 39.1 Å². The average Bonchev–Trinajstić information content (AvgIpc) is 2.52. The molecule has 0 saturated carbocycles. The highest BCUT2D eigenvalue weighted by atomic mass is 16.5. The van der Waals surface area contributed by atoms with E-state index in [4.69, 9.17) is 14.6 Å². The molecule has 1 aliphatic heterocycles. The van der Waals surface area contributed by atoms with Crippen LogP contribution in [0.2, 0.25) is 0 Å². The number of aromatic carboxylic acids is 1. The number of ether oxygens (including phenoxy) is 2. The van der Waals surface area contributed by atoms with Crippen molar-refractivity contribution >= 4 is 5.97 Å². The van der Waals surface area contributed by atoms with Crippen molar-refractivity contribution < 1.29 is 19.4 Å². The molecular formula is C16H23NO4. The molecule has 0 radical (unpaired) electrons. The molecule has 1 aromatic rings. The lowest BCUT2D eigenvalue weighted by Crippen LogP contribution is -2.45. The molecule has 0 spiro atoms. The molecule has 1 saturated heterocycles. The van der Waals surface area contributed by atoms with Crippen LogP contribution in [0.1, 0.15) is 30.1 Å². The number of morpholine rings is 1. The number of carbonyl (C=O) groups is 1. The summed E-state index contributed by atoms with van der Waals surface area (Å²) in [6.45, 7) is 6.21. The summed E-state index contributed by atoms with van der Waals surface area (Å²) in [4.78, 5) is 13.5. The fourth-order valence-electron chi connectivity index (χ4n) is 2.58. The summed E-state index contributed by atoms with van der Waals surface area (Å²) in [6, 6.07) is 7.25. The smallest absolute Gasteiger partial charge is 0.339 e. The van der Waals surface area contributed by atoms with E-state index >= 15 is 0 Å². The third-order valence-electron chi connectivity index (χ3n) is 3.79. The summed E-state index contributed by atoms with van der Waals surface area (Å²) in [5, 5.41) is 9.09. The van der Waals surface area contributed by atoms with Gasteiger partial charge in [-0.25, -0.2) is 4.79 Å². The first-order valence-electron chi connectivity index (χ1n) is 7.49. The van der Waals surface area contributed by atoms with E-state index in [1.165, 1.54) is 0 Å². The first-order valence-corrected chi connectivity index (χ1v) is 7.49. The Balaban J connectivity index is 1.78. The Kier molecular flexibility index (Phi) is 6.02. The number of hydrogen-bond acceptors (Lipinski definition) is 4. The van der Waals surface area contributed by atoms with Crippen LogP contribution in [0.25, 0.3) is 0 Å². The molecule has 1 N–H and O–H groups in total. The molecule has 2 rings (SSSR count). The van der Waals surface area contributed by atoms with Crippen LogP contribution in [-0.2, 0) is 4.74 Å². The maximum absolute atomic E-state index is 11.1. The van der Waals surface area contributed by atoms with Crippen LogP contribution in [-0.4, -0.2) is 54.9 Å². The summed E-state index contributed by atoms with van der Waals surface area (Å²) < 4.78 is 11.1. The van der Waals surface area contributed by atoms with Gasteiger partial charge in [0.1, 0.15) is 11.3 Å². The fraction of sp³-hybridized carbons (Fsp3) is 0.562. The average molecular weight is 293 g/mol. The van der Waals surface area contributed by atoms with Crippen molar-refractivity contribution in [1.29, 1.82) is 0 Å². The Hall–Kier alpha value is -1.59. The highest BCUT2D eigenvalue weighted by Gasteiger charge is 2.20. The first-order chi connectivity index (χ1) is 10.2. The van der Waals surface area contributed by atoms with E-state index in [1.54, 1.807) is 24.3 Å². The molecule has 5 nitrogen and oxygen atoms in total. The lowest BCUT2D eigenvalue weighted by Gasteiger charge is -2.34. The Labute approximate surface area is 125 Å². The van der Waals surface area contributed by atoms with Crippen molar-refractivity contribution in [3.05, 3.63) is 29.8 Å². The first kappa shape index (κ1) is 15.8. The number of rotatable bonds is 7. The van der Waals surface area contributed by atoms with Gasteiger partial charge in [0.15, 0.2) is 0 Å². The van der Waals surface area contributed by atoms with Gasteiger partial charge < -0.3 is 14.6 Å². The van der Waals surface area contributed by atoms with Gasteiger partial charge >= 0.3 is 5.97 Å². The monoisotopic (exact) mass is 293 g/mol. The van der Waals surface area contributed by atoms with Gasteiger partial charge in [-0.15, -0.1) is 0 Å². The van der Waals surface area contributed by atoms with E-state index in [-0.39, 0.29) is 5.56 Å². The van der Waals surface area contributed by atoms with Crippen LogP contribution in [0, 0.1) is 0 Å². The van der Waals surface area contributed by atoms with Crippen molar-refractivity contribution in [2.45, 2.75) is 25.8 Å². The molecule has 1 fully saturated rings. The Morgan fingerprint density at radius 2 is 2.29 bits per heavy atom. The van der Waals surface area contributed by atoms with Gasteiger partial charge in [-0.1, -0.05) is 19.1 Å². The number of para-hydroxylation sites is 1. The van der Waals surface area contributed by atoms with Crippen LogP contribution in [0.4, 0.5) is 0 Å². The lowest BCUT2D eigenvalue weighted by molar-refractivity contribution is -0.0102. The largest absolute Gasteiger partial charge is 0.493 e. The predicted molar refractivity (Wildman–Crippen MR) is 80.0 cm³/mol. The molecule has 1 unspecified atom stereocenters. The fourth-order valence-corrected chi connectivity index (χ4v) is 2.58. The van der Waals surface area contributed by atoms with Crippen LogP contribution in [0.15, 0.2) is 24.3 Å². The second kappa shape index (κ2) is 8.00. The third kappa shape index (κ3) is 4.44. The molecule has 0 amide bonds. The van der Waals surface area contributed by atoms with Crippen molar-refractivity contribution in [1.82, 2.24) is 4.90 Å². The molecule has 0 bridgehead atoms. The van der Waals surface area contributed by atoms with Crippen molar-refractivity contribution in [2.75, 3.05) is 32.9 Å². The predicted octanol–water partition coefficient (Wildman–Crippen LogP) is 2.26. The van der Waals surface area contributed by atoms with Gasteiger partial charge in [0.2, 0.25) is 0 Å². The summed E-state index contributed by atoms with van der Waals surface area (Å²) >= 11 is 0. The SMILES string of the molecule is CCC1COCCN1CCCOc1ccccc1C(=O)O. The summed E-state index contributed by atoms with van der Waals surface area (Å²) in [6.07, 6.45) is 1.97. The minimum Gasteiger partial charge on any atom is -0.493 e. The number of carboxylic acid groups (broad SMARTS) is 1. The Morgan fingerprint density at radius 3 is 3.05 bits per heavy atom. The number of carboxylic acids is 1. The molecule has 0 aromatic heterocycles. The van der Waals surface area contributed by atoms with Crippen LogP contribution in [0.3, 0.4) is 0 Å². The number of hydrogen-bond donors (Lipinski definition) is 1. The third-order valence-corrected chi connectivity index (χ3v) is 3.79. The summed E-state index contributed by atoms with van der Waals surface area (Å²) in [5.41, 5.74) is 0.218. The summed E-state index contributed by atoms with van der Waals surface area (Å²) in [5.74, 6) is -0.510. The van der Waals surface area contributed by atoms with Crippen molar-refractivity contribution in [3.8, 4) is 5.75 Å². The number of benzene rings is 1. The molecular weight excluding hydrogens is 270 g/mol. The molecule has 0 aliphatic carbocycles. The van der Waals surface area contributed by atoms with Crippen molar-refractivity contribution in [2.24, 2.45) is 0 Å². The molecule has 1 aromatic carbocycles. The second-order valence-electron chi connectivity index (χ2n) is 5.18. The standard InChI is InChI=1S/C16H23NO4/c1-2-13-12-20-11-9-17(13)8-5-10-21-15-7-4-3-6-14(15)16(18)19/h3-4,6-7,13H,2,5,8-12H2,1H3,(H,18,19). The van der Waals surface area contributed by atoms with Gasteiger partial charge in [0.05, 0.1) is 19.8 Å². The van der Waals surface area contributed by atoms with Crippen LogP contribution >= 0.6 is 0 Å². The van der Waals surface area contributed by atoms with Gasteiger partial charge in [0, 0.05) is 19.1 Å². The topological polar surface area (TPSA) is 59.0 Å². The minimum absolute atomic E-state index is 0.218. The minimum atomic E-state index is -0.954. The van der Waals surface area contributed by atoms with E-state index in [9.17, 15) is 4.79 Å². The van der Waals surface area contributed by atoms with E-state index in [0.29, 0.717) is 18.4 Å². The molecule has 1 atom stereocenters. The number of nitrogens with zero attached hydrogens (tertiary/aromatic N) is 1.